The number of benzene rings is 1. The quantitative estimate of drug-likeness (QED) is 0.903. The topological polar surface area (TPSA) is 43.8 Å². The molecule has 4 nitrogen and oxygen atoms in total. The van der Waals surface area contributed by atoms with E-state index in [1.165, 1.54) is 0 Å². The number of hydrogen-bond acceptors (Lipinski definition) is 3. The molecule has 0 aliphatic carbocycles. The van der Waals surface area contributed by atoms with Gasteiger partial charge in [0.1, 0.15) is 5.75 Å². The van der Waals surface area contributed by atoms with Gasteiger partial charge >= 0.3 is 0 Å². The first-order chi connectivity index (χ1) is 9.08. The monoisotopic (exact) mass is 262 g/mol. The van der Waals surface area contributed by atoms with Gasteiger partial charge in [0.15, 0.2) is 0 Å². The predicted molar refractivity (Wildman–Crippen MR) is 75.3 cm³/mol. The van der Waals surface area contributed by atoms with Gasteiger partial charge in [-0.05, 0) is 45.0 Å². The summed E-state index contributed by atoms with van der Waals surface area (Å²) in [4.78, 5) is 16.4. The third-order valence-corrected chi connectivity index (χ3v) is 3.66. The first kappa shape index (κ1) is 13.9. The zero-order chi connectivity index (χ0) is 13.8. The SMILES string of the molecule is CN(C)CC1CCN(C(=O)c2ccccc2O)CC1. The number of hydrogen-bond donors (Lipinski definition) is 1. The second-order valence-corrected chi connectivity index (χ2v) is 5.51. The molecule has 0 radical (unpaired) electrons. The van der Waals surface area contributed by atoms with Crippen LogP contribution in [0.5, 0.6) is 5.75 Å². The number of carbonyl (C=O) groups is 1. The van der Waals surface area contributed by atoms with Crippen molar-refractivity contribution in [3.05, 3.63) is 29.8 Å². The Morgan fingerprint density at radius 1 is 1.32 bits per heavy atom. The van der Waals surface area contributed by atoms with Crippen LogP contribution in [0.1, 0.15) is 23.2 Å². The smallest absolute Gasteiger partial charge is 0.257 e. The highest BCUT2D eigenvalue weighted by molar-refractivity contribution is 5.96. The minimum Gasteiger partial charge on any atom is -0.507 e. The largest absolute Gasteiger partial charge is 0.507 e. The lowest BCUT2D eigenvalue weighted by atomic mass is 9.96. The third-order valence-electron chi connectivity index (χ3n) is 3.66. The fraction of sp³-hybridized carbons (Fsp3) is 0.533. The fourth-order valence-corrected chi connectivity index (χ4v) is 2.66. The molecule has 1 aliphatic heterocycles. The van der Waals surface area contributed by atoms with Crippen molar-refractivity contribution in [2.45, 2.75) is 12.8 Å². The minimum atomic E-state index is -0.0543. The normalized spacial score (nSPS) is 16.9. The summed E-state index contributed by atoms with van der Waals surface area (Å²) in [5.41, 5.74) is 0.411. The lowest BCUT2D eigenvalue weighted by Crippen LogP contribution is -2.40. The Balaban J connectivity index is 1.95. The summed E-state index contributed by atoms with van der Waals surface area (Å²) < 4.78 is 0. The van der Waals surface area contributed by atoms with Gasteiger partial charge in [-0.15, -0.1) is 0 Å². The highest BCUT2D eigenvalue weighted by Crippen LogP contribution is 2.22. The van der Waals surface area contributed by atoms with Crippen molar-refractivity contribution in [3.8, 4) is 5.75 Å². The summed E-state index contributed by atoms with van der Waals surface area (Å²) in [7, 11) is 4.17. The maximum Gasteiger partial charge on any atom is 0.257 e. The second-order valence-electron chi connectivity index (χ2n) is 5.51. The van der Waals surface area contributed by atoms with Crippen LogP contribution in [0, 0.1) is 5.92 Å². The summed E-state index contributed by atoms with van der Waals surface area (Å²) in [6.45, 7) is 2.65. The highest BCUT2D eigenvalue weighted by Gasteiger charge is 2.25. The summed E-state index contributed by atoms with van der Waals surface area (Å²) >= 11 is 0. The maximum absolute atomic E-state index is 12.3. The molecule has 0 spiro atoms. The molecule has 0 bridgehead atoms. The van der Waals surface area contributed by atoms with E-state index in [9.17, 15) is 9.90 Å². The van der Waals surface area contributed by atoms with Gasteiger partial charge in [-0.1, -0.05) is 12.1 Å². The number of para-hydroxylation sites is 1. The van der Waals surface area contributed by atoms with Crippen LogP contribution >= 0.6 is 0 Å². The van der Waals surface area contributed by atoms with Crippen molar-refractivity contribution in [2.24, 2.45) is 5.92 Å². The molecule has 1 amide bonds. The molecule has 4 heteroatoms. The van der Waals surface area contributed by atoms with Crippen LogP contribution < -0.4 is 0 Å². The van der Waals surface area contributed by atoms with E-state index in [1.807, 2.05) is 4.90 Å². The molecule has 0 atom stereocenters. The Morgan fingerprint density at radius 3 is 2.53 bits per heavy atom. The van der Waals surface area contributed by atoms with Crippen LogP contribution in [0.15, 0.2) is 24.3 Å². The van der Waals surface area contributed by atoms with Gasteiger partial charge < -0.3 is 14.9 Å². The molecule has 19 heavy (non-hydrogen) atoms. The first-order valence-corrected chi connectivity index (χ1v) is 6.80. The van der Waals surface area contributed by atoms with Crippen molar-refractivity contribution in [1.82, 2.24) is 9.80 Å². The van der Waals surface area contributed by atoms with Crippen LogP contribution in [0.3, 0.4) is 0 Å². The molecule has 1 heterocycles. The van der Waals surface area contributed by atoms with E-state index in [2.05, 4.69) is 19.0 Å². The molecule has 0 aromatic heterocycles. The summed E-state index contributed by atoms with van der Waals surface area (Å²) in [6.07, 6.45) is 2.08. The third kappa shape index (κ3) is 3.47. The summed E-state index contributed by atoms with van der Waals surface area (Å²) in [5.74, 6) is 0.688. The van der Waals surface area contributed by atoms with Gasteiger partial charge in [-0.25, -0.2) is 0 Å². The number of likely N-dealkylation sites (tertiary alicyclic amines) is 1. The molecular formula is C15H22N2O2. The minimum absolute atomic E-state index is 0.0543. The summed E-state index contributed by atoms with van der Waals surface area (Å²) in [5, 5.41) is 9.73. The highest BCUT2D eigenvalue weighted by atomic mass is 16.3. The van der Waals surface area contributed by atoms with Crippen LogP contribution in [0.2, 0.25) is 0 Å². The van der Waals surface area contributed by atoms with Gasteiger partial charge in [0.05, 0.1) is 5.56 Å². The molecule has 1 aliphatic rings. The number of amides is 1. The molecule has 1 aromatic carbocycles. The summed E-state index contributed by atoms with van der Waals surface area (Å²) in [6, 6.07) is 6.76. The van der Waals surface area contributed by atoms with Crippen molar-refractivity contribution in [2.75, 3.05) is 33.7 Å². The van der Waals surface area contributed by atoms with Crippen molar-refractivity contribution in [3.63, 3.8) is 0 Å². The average molecular weight is 262 g/mol. The van der Waals surface area contributed by atoms with E-state index in [1.54, 1.807) is 24.3 Å². The number of phenolic OH excluding ortho intramolecular Hbond substituents is 1. The van der Waals surface area contributed by atoms with E-state index in [4.69, 9.17) is 0 Å². The average Bonchev–Trinajstić information content (AvgIpc) is 2.39. The number of carbonyl (C=O) groups excluding carboxylic acids is 1. The zero-order valence-corrected chi connectivity index (χ0v) is 11.7. The maximum atomic E-state index is 12.3. The molecule has 0 saturated carbocycles. The zero-order valence-electron chi connectivity index (χ0n) is 11.7. The van der Waals surface area contributed by atoms with Gasteiger partial charge in [-0.2, -0.15) is 0 Å². The fourth-order valence-electron chi connectivity index (χ4n) is 2.66. The predicted octanol–water partition coefficient (Wildman–Crippen LogP) is 1.81. The number of aromatic hydroxyl groups is 1. The number of phenols is 1. The Hall–Kier alpha value is -1.55. The number of piperidine rings is 1. The molecule has 2 rings (SSSR count). The van der Waals surface area contributed by atoms with Gasteiger partial charge in [0.25, 0.3) is 5.91 Å². The number of rotatable bonds is 3. The Bertz CT molecular complexity index is 438. The lowest BCUT2D eigenvalue weighted by Gasteiger charge is -2.33. The van der Waals surface area contributed by atoms with Crippen LogP contribution in [0.25, 0.3) is 0 Å². The molecule has 1 saturated heterocycles. The lowest BCUT2D eigenvalue weighted by molar-refractivity contribution is 0.0675. The van der Waals surface area contributed by atoms with E-state index in [-0.39, 0.29) is 11.7 Å². The molecule has 104 valence electrons. The van der Waals surface area contributed by atoms with Gasteiger partial charge in [0.2, 0.25) is 0 Å². The van der Waals surface area contributed by atoms with Crippen molar-refractivity contribution < 1.29 is 9.90 Å². The van der Waals surface area contributed by atoms with Gasteiger partial charge in [-0.3, -0.25) is 4.79 Å². The second kappa shape index (κ2) is 6.06. The number of nitrogens with zero attached hydrogens (tertiary/aromatic N) is 2. The van der Waals surface area contributed by atoms with Crippen LogP contribution in [0.4, 0.5) is 0 Å². The van der Waals surface area contributed by atoms with E-state index in [0.29, 0.717) is 11.5 Å². The molecule has 1 fully saturated rings. The molecule has 1 N–H and O–H groups in total. The Morgan fingerprint density at radius 2 is 1.95 bits per heavy atom. The van der Waals surface area contributed by atoms with Crippen molar-refractivity contribution in [1.29, 1.82) is 0 Å². The van der Waals surface area contributed by atoms with E-state index < -0.39 is 0 Å². The Labute approximate surface area is 114 Å². The Kier molecular flexibility index (Phi) is 4.43. The molecule has 1 aromatic rings. The van der Waals surface area contributed by atoms with Crippen molar-refractivity contribution >= 4 is 5.91 Å². The van der Waals surface area contributed by atoms with E-state index >= 15 is 0 Å². The molecule has 0 unspecified atom stereocenters. The van der Waals surface area contributed by atoms with Crippen LogP contribution in [-0.2, 0) is 0 Å². The first-order valence-electron chi connectivity index (χ1n) is 6.80. The van der Waals surface area contributed by atoms with Crippen LogP contribution in [-0.4, -0.2) is 54.5 Å². The van der Waals surface area contributed by atoms with Gasteiger partial charge in [0, 0.05) is 19.6 Å². The van der Waals surface area contributed by atoms with E-state index in [0.717, 1.165) is 32.5 Å². The molecular weight excluding hydrogens is 240 g/mol. The standard InChI is InChI=1S/C15H22N2O2/c1-16(2)11-12-7-9-17(10-8-12)15(19)13-5-3-4-6-14(13)18/h3-6,12,18H,7-11H2,1-2H3.